The smallest absolute Gasteiger partial charge is 0.272 e. The molecule has 0 aliphatic heterocycles. The zero-order valence-electron chi connectivity index (χ0n) is 18.8. The van der Waals surface area contributed by atoms with Crippen molar-refractivity contribution in [3.05, 3.63) is 86.3 Å². The Kier molecular flexibility index (Phi) is 7.39. The Morgan fingerprint density at radius 3 is 2.61 bits per heavy atom. The van der Waals surface area contributed by atoms with E-state index in [1.165, 1.54) is 16.8 Å². The minimum Gasteiger partial charge on any atom is -0.326 e. The molecular weight excluding hydrogens is 427 g/mol. The van der Waals surface area contributed by atoms with E-state index in [0.29, 0.717) is 17.7 Å². The minimum absolute atomic E-state index is 0.0159. The summed E-state index contributed by atoms with van der Waals surface area (Å²) < 4.78 is 16.7. The average Bonchev–Trinajstić information content (AvgIpc) is 3.15. The molecule has 0 spiro atoms. The van der Waals surface area contributed by atoms with Gasteiger partial charge in [0, 0.05) is 42.2 Å². The maximum Gasteiger partial charge on any atom is 0.272 e. The lowest BCUT2D eigenvalue weighted by atomic mass is 10.1. The van der Waals surface area contributed by atoms with Crippen LogP contribution in [0.1, 0.15) is 45.2 Å². The molecule has 4 N–H and O–H groups in total. The molecule has 2 amide bonds. The summed E-state index contributed by atoms with van der Waals surface area (Å²) in [5, 5.41) is 6.59. The monoisotopic (exact) mass is 454 g/mol. The number of imide groups is 1. The van der Waals surface area contributed by atoms with Gasteiger partial charge < -0.3 is 11.2 Å². The summed E-state index contributed by atoms with van der Waals surface area (Å²) in [5.41, 5.74) is 11.3. The van der Waals surface area contributed by atoms with E-state index in [-0.39, 0.29) is 24.1 Å². The fraction of sp³-hybridized carbons (Fsp3) is 0.304. The maximum absolute atomic E-state index is 13.6. The van der Waals surface area contributed by atoms with Crippen molar-refractivity contribution in [3.8, 4) is 0 Å². The van der Waals surface area contributed by atoms with E-state index in [2.05, 4.69) is 15.8 Å². The summed E-state index contributed by atoms with van der Waals surface area (Å²) in [6, 6.07) is 5.32. The molecule has 2 heterocycles. The number of hydrogen-bond acceptors (Lipinski definition) is 6. The number of hydrogen-bond donors (Lipinski definition) is 3. The van der Waals surface area contributed by atoms with Crippen LogP contribution in [0.5, 0.6) is 0 Å². The number of aryl methyl sites for hydroxylation is 3. The number of nitrogens with one attached hydrogen (secondary N) is 2. The predicted molar refractivity (Wildman–Crippen MR) is 122 cm³/mol. The molecule has 9 nitrogen and oxygen atoms in total. The molecule has 0 aliphatic rings. The van der Waals surface area contributed by atoms with Gasteiger partial charge in [0.25, 0.3) is 11.5 Å². The van der Waals surface area contributed by atoms with Crippen LogP contribution in [0, 0.1) is 19.7 Å². The van der Waals surface area contributed by atoms with Gasteiger partial charge in [-0.3, -0.25) is 24.4 Å². The highest BCUT2D eigenvalue weighted by Crippen LogP contribution is 2.11. The fourth-order valence-electron chi connectivity index (χ4n) is 3.41. The minimum atomic E-state index is -0.768. The first-order chi connectivity index (χ1) is 15.7. The number of carbonyl (C=O) groups excluding carboxylic acids is 2. The standard InChI is InChI=1S/C23H27FN6O3/c1-4-29-13-17(15(3)28-29)12-26-30-8-7-14(2)19(23(30)33)10-21(31)27-22(32)20-9-18(24)6-5-16(20)11-25/h5-9,13,26H,4,10-12,25H2,1-3H3,(H,27,31,32). The Morgan fingerprint density at radius 1 is 1.18 bits per heavy atom. The normalized spacial score (nSPS) is 10.8. The summed E-state index contributed by atoms with van der Waals surface area (Å²) in [6.07, 6.45) is 3.19. The summed E-state index contributed by atoms with van der Waals surface area (Å²) in [4.78, 5) is 37.9. The molecule has 1 aromatic carbocycles. The molecule has 0 fully saturated rings. The van der Waals surface area contributed by atoms with E-state index >= 15 is 0 Å². The van der Waals surface area contributed by atoms with Gasteiger partial charge in [-0.15, -0.1) is 0 Å². The van der Waals surface area contributed by atoms with E-state index in [0.717, 1.165) is 23.9 Å². The van der Waals surface area contributed by atoms with Crippen LogP contribution in [0.4, 0.5) is 4.39 Å². The Bertz CT molecular complexity index is 1250. The summed E-state index contributed by atoms with van der Waals surface area (Å²) in [7, 11) is 0. The van der Waals surface area contributed by atoms with E-state index in [4.69, 9.17) is 5.73 Å². The number of halogens is 1. The number of rotatable bonds is 8. The van der Waals surface area contributed by atoms with Crippen molar-refractivity contribution in [3.63, 3.8) is 0 Å². The molecule has 2 aromatic heterocycles. The molecule has 0 saturated heterocycles. The summed E-state index contributed by atoms with van der Waals surface area (Å²) in [5.74, 6) is -2.06. The van der Waals surface area contributed by atoms with E-state index in [1.807, 2.05) is 24.7 Å². The van der Waals surface area contributed by atoms with Crippen molar-refractivity contribution in [2.24, 2.45) is 5.73 Å². The topological polar surface area (TPSA) is 124 Å². The number of pyridine rings is 1. The van der Waals surface area contributed by atoms with Crippen molar-refractivity contribution in [1.82, 2.24) is 19.8 Å². The number of amides is 2. The zero-order chi connectivity index (χ0) is 24.1. The van der Waals surface area contributed by atoms with Gasteiger partial charge in [0.15, 0.2) is 0 Å². The predicted octanol–water partition coefficient (Wildman–Crippen LogP) is 1.52. The van der Waals surface area contributed by atoms with Crippen molar-refractivity contribution < 1.29 is 14.0 Å². The van der Waals surface area contributed by atoms with Crippen molar-refractivity contribution in [2.45, 2.75) is 46.8 Å². The van der Waals surface area contributed by atoms with Gasteiger partial charge in [-0.2, -0.15) is 5.10 Å². The van der Waals surface area contributed by atoms with Gasteiger partial charge in [-0.25, -0.2) is 9.07 Å². The van der Waals surface area contributed by atoms with E-state index in [1.54, 1.807) is 19.2 Å². The van der Waals surface area contributed by atoms with Crippen LogP contribution in [0.25, 0.3) is 0 Å². The van der Waals surface area contributed by atoms with Crippen LogP contribution < -0.4 is 22.0 Å². The van der Waals surface area contributed by atoms with Gasteiger partial charge in [-0.05, 0) is 50.1 Å². The highest BCUT2D eigenvalue weighted by Gasteiger charge is 2.18. The van der Waals surface area contributed by atoms with E-state index in [9.17, 15) is 18.8 Å². The largest absolute Gasteiger partial charge is 0.326 e. The van der Waals surface area contributed by atoms with Gasteiger partial charge in [0.2, 0.25) is 5.91 Å². The lowest BCUT2D eigenvalue weighted by molar-refractivity contribution is -0.119. The highest BCUT2D eigenvalue weighted by molar-refractivity contribution is 6.06. The number of carbonyl (C=O) groups is 2. The number of nitrogens with two attached hydrogens (primary N) is 1. The van der Waals surface area contributed by atoms with Crippen LogP contribution in [0.15, 0.2) is 41.5 Å². The second-order valence-electron chi connectivity index (χ2n) is 7.64. The van der Waals surface area contributed by atoms with Crippen LogP contribution in [-0.2, 0) is 30.8 Å². The molecule has 10 heteroatoms. The molecule has 0 aliphatic carbocycles. The molecule has 0 unspecified atom stereocenters. The first kappa shape index (κ1) is 23.9. The van der Waals surface area contributed by atoms with Crippen LogP contribution >= 0.6 is 0 Å². The lowest BCUT2D eigenvalue weighted by Gasteiger charge is -2.13. The van der Waals surface area contributed by atoms with Crippen molar-refractivity contribution >= 4 is 11.8 Å². The molecule has 0 atom stereocenters. The molecule has 0 saturated carbocycles. The van der Waals surface area contributed by atoms with Gasteiger partial charge in [0.1, 0.15) is 5.82 Å². The Balaban J connectivity index is 1.73. The molecule has 0 radical (unpaired) electrons. The Morgan fingerprint density at radius 2 is 1.94 bits per heavy atom. The Hall–Kier alpha value is -3.79. The molecule has 3 rings (SSSR count). The third-order valence-corrected chi connectivity index (χ3v) is 5.37. The zero-order valence-corrected chi connectivity index (χ0v) is 18.8. The van der Waals surface area contributed by atoms with Gasteiger partial charge in [0.05, 0.1) is 18.7 Å². The Labute approximate surface area is 190 Å². The second-order valence-corrected chi connectivity index (χ2v) is 7.64. The van der Waals surface area contributed by atoms with Crippen molar-refractivity contribution in [1.29, 1.82) is 0 Å². The SMILES string of the molecule is CCn1cc(CNn2ccc(C)c(CC(=O)NC(=O)c3cc(F)ccc3CN)c2=O)c(C)n1. The van der Waals surface area contributed by atoms with Crippen LogP contribution in [0.2, 0.25) is 0 Å². The second kappa shape index (κ2) is 10.2. The molecule has 33 heavy (non-hydrogen) atoms. The fourth-order valence-corrected chi connectivity index (χ4v) is 3.41. The van der Waals surface area contributed by atoms with E-state index < -0.39 is 23.2 Å². The molecule has 0 bridgehead atoms. The van der Waals surface area contributed by atoms with Crippen LogP contribution in [-0.4, -0.2) is 26.3 Å². The average molecular weight is 455 g/mol. The number of benzene rings is 1. The van der Waals surface area contributed by atoms with Gasteiger partial charge >= 0.3 is 0 Å². The third-order valence-electron chi connectivity index (χ3n) is 5.37. The summed E-state index contributed by atoms with van der Waals surface area (Å²) >= 11 is 0. The van der Waals surface area contributed by atoms with Gasteiger partial charge in [-0.1, -0.05) is 6.07 Å². The molecule has 174 valence electrons. The number of nitrogens with zero attached hydrogens (tertiary/aromatic N) is 3. The lowest BCUT2D eigenvalue weighted by Crippen LogP contribution is -2.37. The highest BCUT2D eigenvalue weighted by atomic mass is 19.1. The first-order valence-electron chi connectivity index (χ1n) is 10.5. The molecule has 3 aromatic rings. The number of aromatic nitrogens is 3. The third kappa shape index (κ3) is 5.53. The summed E-state index contributed by atoms with van der Waals surface area (Å²) in [6.45, 7) is 6.72. The quantitative estimate of drug-likeness (QED) is 0.474. The maximum atomic E-state index is 13.6. The van der Waals surface area contributed by atoms with Crippen molar-refractivity contribution in [2.75, 3.05) is 5.43 Å². The molecular formula is C23H27FN6O3. The van der Waals surface area contributed by atoms with Crippen LogP contribution in [0.3, 0.4) is 0 Å². The first-order valence-corrected chi connectivity index (χ1v) is 10.5.